The van der Waals surface area contributed by atoms with Gasteiger partial charge < -0.3 is 10.2 Å². The molecule has 0 aromatic heterocycles. The minimum atomic E-state index is -0.450. The van der Waals surface area contributed by atoms with Crippen LogP contribution in [0.5, 0.6) is 0 Å². The van der Waals surface area contributed by atoms with Gasteiger partial charge in [0.05, 0.1) is 5.88 Å². The number of carbonyl (C=O) groups is 2. The number of nitrogens with zero attached hydrogens (tertiary/aromatic N) is 1. The number of hydrogen-bond donors (Lipinski definition) is 1. The number of benzene rings is 2. The van der Waals surface area contributed by atoms with Gasteiger partial charge in [0.2, 0.25) is 11.8 Å². The molecule has 1 N–H and O–H groups in total. The zero-order valence-electron chi connectivity index (χ0n) is 14.9. The maximum Gasteiger partial charge on any atom is 0.248 e. The van der Waals surface area contributed by atoms with Crippen LogP contribution in [0, 0.1) is 13.8 Å². The molecule has 2 aromatic rings. The summed E-state index contributed by atoms with van der Waals surface area (Å²) in [4.78, 5) is 26.8. The Bertz CT molecular complexity index is 833. The number of anilines is 1. The molecule has 1 aliphatic heterocycles. The van der Waals surface area contributed by atoms with Crippen molar-refractivity contribution in [2.24, 2.45) is 0 Å². The van der Waals surface area contributed by atoms with Gasteiger partial charge in [-0.3, -0.25) is 9.59 Å². The van der Waals surface area contributed by atoms with Crippen molar-refractivity contribution in [3.05, 3.63) is 71.3 Å². The van der Waals surface area contributed by atoms with Crippen molar-refractivity contribution in [3.63, 3.8) is 0 Å². The number of rotatable bonds is 4. The summed E-state index contributed by atoms with van der Waals surface area (Å²) >= 11 is 1.60. The Balaban J connectivity index is 1.66. The third kappa shape index (κ3) is 4.35. The van der Waals surface area contributed by atoms with E-state index in [9.17, 15) is 9.59 Å². The fourth-order valence-corrected chi connectivity index (χ4v) is 3.91. The highest BCUT2D eigenvalue weighted by Crippen LogP contribution is 2.23. The number of carbonyl (C=O) groups excluding carboxylic acids is 2. The number of thioether (sulfide) groups is 1. The van der Waals surface area contributed by atoms with E-state index in [0.717, 1.165) is 16.8 Å². The molecule has 1 unspecified atom stereocenters. The summed E-state index contributed by atoms with van der Waals surface area (Å²) in [5.41, 5.74) is 4.04. The molecule has 3 rings (SSSR count). The second-order valence-electron chi connectivity index (χ2n) is 6.36. The van der Waals surface area contributed by atoms with Gasteiger partial charge in [0.15, 0.2) is 0 Å². The predicted octanol–water partition coefficient (Wildman–Crippen LogP) is 3.86. The molecule has 26 heavy (non-hydrogen) atoms. The van der Waals surface area contributed by atoms with Gasteiger partial charge in [-0.15, -0.1) is 11.8 Å². The van der Waals surface area contributed by atoms with Gasteiger partial charge in [-0.05, 0) is 48.7 Å². The zero-order valence-corrected chi connectivity index (χ0v) is 15.8. The maximum atomic E-state index is 12.7. The Morgan fingerprint density at radius 2 is 1.88 bits per heavy atom. The molecule has 0 spiro atoms. The lowest BCUT2D eigenvalue weighted by Crippen LogP contribution is -2.43. The highest BCUT2D eigenvalue weighted by molar-refractivity contribution is 7.99. The van der Waals surface area contributed by atoms with Crippen LogP contribution in [0.4, 0.5) is 5.69 Å². The molecular weight excluding hydrogens is 344 g/mol. The number of aryl methyl sites for hydroxylation is 2. The molecule has 2 aromatic carbocycles. The van der Waals surface area contributed by atoms with Crippen LogP contribution in [-0.4, -0.2) is 34.4 Å². The van der Waals surface area contributed by atoms with Gasteiger partial charge in [0, 0.05) is 17.5 Å². The first-order valence-corrected chi connectivity index (χ1v) is 9.69. The summed E-state index contributed by atoms with van der Waals surface area (Å²) in [5, 5.41) is 2.94. The van der Waals surface area contributed by atoms with Crippen molar-refractivity contribution in [3.8, 4) is 0 Å². The van der Waals surface area contributed by atoms with Crippen LogP contribution in [0.3, 0.4) is 0 Å². The predicted molar refractivity (Wildman–Crippen MR) is 108 cm³/mol. The highest BCUT2D eigenvalue weighted by Gasteiger charge is 2.33. The van der Waals surface area contributed by atoms with Crippen LogP contribution < -0.4 is 5.32 Å². The van der Waals surface area contributed by atoms with Crippen LogP contribution in [-0.2, 0) is 9.59 Å². The molecule has 4 nitrogen and oxygen atoms in total. The monoisotopic (exact) mass is 366 g/mol. The molecule has 1 atom stereocenters. The first-order chi connectivity index (χ1) is 12.5. The molecule has 0 saturated carbocycles. The average Bonchev–Trinajstić information content (AvgIpc) is 3.14. The lowest BCUT2D eigenvalue weighted by molar-refractivity contribution is -0.132. The normalized spacial score (nSPS) is 16.8. The van der Waals surface area contributed by atoms with Crippen molar-refractivity contribution in [1.29, 1.82) is 0 Å². The SMILES string of the molecule is Cc1ccc(NC(=O)C2CSCN2C(=O)/C=C/c2ccccc2)cc1C. The second kappa shape index (κ2) is 8.23. The zero-order chi connectivity index (χ0) is 18.5. The van der Waals surface area contributed by atoms with E-state index < -0.39 is 6.04 Å². The van der Waals surface area contributed by atoms with E-state index in [-0.39, 0.29) is 11.8 Å². The quantitative estimate of drug-likeness (QED) is 0.836. The summed E-state index contributed by atoms with van der Waals surface area (Å²) in [5.74, 6) is 0.865. The Kier molecular flexibility index (Phi) is 5.78. The highest BCUT2D eigenvalue weighted by atomic mass is 32.2. The van der Waals surface area contributed by atoms with Crippen LogP contribution in [0.2, 0.25) is 0 Å². The lowest BCUT2D eigenvalue weighted by Gasteiger charge is -2.22. The van der Waals surface area contributed by atoms with E-state index >= 15 is 0 Å². The topological polar surface area (TPSA) is 49.4 Å². The molecule has 2 amide bonds. The van der Waals surface area contributed by atoms with E-state index in [2.05, 4.69) is 5.32 Å². The number of nitrogens with one attached hydrogen (secondary N) is 1. The van der Waals surface area contributed by atoms with Crippen molar-refractivity contribution < 1.29 is 9.59 Å². The first kappa shape index (κ1) is 18.3. The van der Waals surface area contributed by atoms with Crippen molar-refractivity contribution in [2.75, 3.05) is 16.9 Å². The third-order valence-electron chi connectivity index (χ3n) is 4.46. The van der Waals surface area contributed by atoms with Gasteiger partial charge in [0.25, 0.3) is 0 Å². The molecule has 1 heterocycles. The summed E-state index contributed by atoms with van der Waals surface area (Å²) in [6, 6.07) is 15.0. The average molecular weight is 366 g/mol. The van der Waals surface area contributed by atoms with Gasteiger partial charge in [-0.2, -0.15) is 0 Å². The summed E-state index contributed by atoms with van der Waals surface area (Å²) in [7, 11) is 0. The van der Waals surface area contributed by atoms with E-state index in [4.69, 9.17) is 0 Å². The van der Waals surface area contributed by atoms with E-state index in [0.29, 0.717) is 11.6 Å². The smallest absolute Gasteiger partial charge is 0.248 e. The molecule has 0 aliphatic carbocycles. The fraction of sp³-hybridized carbons (Fsp3) is 0.238. The lowest BCUT2D eigenvalue weighted by atomic mass is 10.1. The molecule has 0 bridgehead atoms. The van der Waals surface area contributed by atoms with Crippen LogP contribution in [0.1, 0.15) is 16.7 Å². The van der Waals surface area contributed by atoms with Gasteiger partial charge >= 0.3 is 0 Å². The van der Waals surface area contributed by atoms with Crippen LogP contribution >= 0.6 is 11.8 Å². The molecule has 1 saturated heterocycles. The Morgan fingerprint density at radius 1 is 1.12 bits per heavy atom. The Morgan fingerprint density at radius 3 is 2.62 bits per heavy atom. The first-order valence-electron chi connectivity index (χ1n) is 8.54. The van der Waals surface area contributed by atoms with Crippen molar-refractivity contribution in [1.82, 2.24) is 4.90 Å². The third-order valence-corrected chi connectivity index (χ3v) is 5.47. The van der Waals surface area contributed by atoms with E-state index in [1.165, 1.54) is 11.6 Å². The van der Waals surface area contributed by atoms with Crippen LogP contribution in [0.25, 0.3) is 6.08 Å². The maximum absolute atomic E-state index is 12.7. The largest absolute Gasteiger partial charge is 0.324 e. The van der Waals surface area contributed by atoms with Crippen LogP contribution in [0.15, 0.2) is 54.6 Å². The second-order valence-corrected chi connectivity index (χ2v) is 7.36. The van der Waals surface area contributed by atoms with Crippen molar-refractivity contribution >= 4 is 35.3 Å². The van der Waals surface area contributed by atoms with Gasteiger partial charge in [0.1, 0.15) is 6.04 Å². The molecule has 134 valence electrons. The molecule has 5 heteroatoms. The summed E-state index contributed by atoms with van der Waals surface area (Å²) < 4.78 is 0. The molecule has 1 aliphatic rings. The van der Waals surface area contributed by atoms with Gasteiger partial charge in [-0.1, -0.05) is 36.4 Å². The Hall–Kier alpha value is -2.53. The minimum Gasteiger partial charge on any atom is -0.324 e. The van der Waals surface area contributed by atoms with Crippen molar-refractivity contribution in [2.45, 2.75) is 19.9 Å². The summed E-state index contributed by atoms with van der Waals surface area (Å²) in [6.07, 6.45) is 3.32. The number of hydrogen-bond acceptors (Lipinski definition) is 3. The standard InChI is InChI=1S/C21H22N2O2S/c1-15-8-10-18(12-16(15)2)22-21(25)19-13-26-14-23(19)20(24)11-9-17-6-4-3-5-7-17/h3-12,19H,13-14H2,1-2H3,(H,22,25)/b11-9+. The number of amides is 2. The Labute approximate surface area is 158 Å². The molecule has 0 radical (unpaired) electrons. The molecular formula is C21H22N2O2S. The molecule has 1 fully saturated rings. The minimum absolute atomic E-state index is 0.139. The van der Waals surface area contributed by atoms with E-state index in [1.54, 1.807) is 22.7 Å². The van der Waals surface area contributed by atoms with Gasteiger partial charge in [-0.25, -0.2) is 0 Å². The van der Waals surface area contributed by atoms with E-state index in [1.807, 2.05) is 62.4 Å². The fourth-order valence-electron chi connectivity index (χ4n) is 2.75. The summed E-state index contributed by atoms with van der Waals surface area (Å²) in [6.45, 7) is 4.05.